The number of rotatable bonds is 13. The fraction of sp³-hybridized carbons (Fsp3) is 0.366. The Hall–Kier alpha value is -3.61. The maximum Gasteiger partial charge on any atom is 0.335 e. The lowest BCUT2D eigenvalue weighted by Gasteiger charge is -2.19. The molecule has 6 rings (SSSR count). The van der Waals surface area contributed by atoms with Gasteiger partial charge in [-0.3, -0.25) is 9.09 Å². The third-order valence-electron chi connectivity index (χ3n) is 9.32. The Morgan fingerprint density at radius 2 is 1.41 bits per heavy atom. The quantitative estimate of drug-likeness (QED) is 0.0888. The first kappa shape index (κ1) is 38.6. The van der Waals surface area contributed by atoms with Gasteiger partial charge in [-0.25, -0.2) is 4.57 Å². The molecule has 1 aliphatic rings. The van der Waals surface area contributed by atoms with Crippen LogP contribution in [-0.4, -0.2) is 26.4 Å². The maximum absolute atomic E-state index is 13.2. The van der Waals surface area contributed by atoms with Crippen LogP contribution in [0.2, 0.25) is 0 Å². The van der Waals surface area contributed by atoms with Crippen LogP contribution >= 0.6 is 16.3 Å². The van der Waals surface area contributed by atoms with E-state index >= 15 is 0 Å². The molecule has 0 aliphatic heterocycles. The first-order chi connectivity index (χ1) is 24.5. The third-order valence-corrected chi connectivity index (χ3v) is 11.6. The number of aryl methyl sites for hydroxylation is 2. The van der Waals surface area contributed by atoms with E-state index in [-0.39, 0.29) is 20.3 Å². The number of fused-ring (bicyclic) bond motifs is 5. The lowest BCUT2D eigenvalue weighted by atomic mass is 9.83. The number of para-hydroxylation sites is 1. The SMILES string of the molecule is CCOCC.CCOP(=O)(Cc1ccc(-[n+]2cc3c(c4ccccc42)-c2cc[n+](-c4ccc(COP=O)cc4C)cc2C3(C)C)c(C)c1)OCC. The van der Waals surface area contributed by atoms with Crippen molar-refractivity contribution in [3.63, 3.8) is 0 Å². The van der Waals surface area contributed by atoms with Gasteiger partial charge in [-0.1, -0.05) is 38.1 Å². The standard InChI is InChI=1S/C37H40N2O5P2.C4H10O/c1-7-43-46(41,44-8-2)24-28-14-16-34(26(4)20-28)39-22-32-36(30-11-9-10-12-35(30)39)29-17-18-38(21-31(29)37(32,5)6)33-15-13-27(19-25(33)3)23-42-45-40;1-3-5-4-2/h9-22H,7-8,23-24H2,1-6H3;3-4H2,1-2H3/q+2;. The first-order valence-electron chi connectivity index (χ1n) is 17.7. The van der Waals surface area contributed by atoms with Gasteiger partial charge in [0.2, 0.25) is 16.9 Å². The molecule has 0 unspecified atom stereocenters. The predicted molar refractivity (Wildman–Crippen MR) is 203 cm³/mol. The molecule has 0 bridgehead atoms. The molecule has 3 aromatic carbocycles. The number of pyridine rings is 2. The summed E-state index contributed by atoms with van der Waals surface area (Å²) in [6.07, 6.45) is 6.94. The zero-order valence-corrected chi connectivity index (χ0v) is 32.9. The van der Waals surface area contributed by atoms with E-state index in [1.165, 1.54) is 27.6 Å². The average molecular weight is 729 g/mol. The lowest BCUT2D eigenvalue weighted by Crippen LogP contribution is -2.35. The smallest absolute Gasteiger partial charge is 0.335 e. The van der Waals surface area contributed by atoms with Gasteiger partial charge in [0.05, 0.1) is 31.4 Å². The zero-order chi connectivity index (χ0) is 36.8. The molecule has 0 spiro atoms. The van der Waals surface area contributed by atoms with Crippen LogP contribution in [0.5, 0.6) is 0 Å². The van der Waals surface area contributed by atoms with Crippen molar-refractivity contribution in [3.05, 3.63) is 119 Å². The second kappa shape index (κ2) is 16.8. The number of aromatic nitrogens is 2. The summed E-state index contributed by atoms with van der Waals surface area (Å²) in [5.41, 5.74) is 12.2. The van der Waals surface area contributed by atoms with Gasteiger partial charge in [-0.2, -0.15) is 9.13 Å². The van der Waals surface area contributed by atoms with E-state index in [2.05, 4.69) is 110 Å². The fourth-order valence-electron chi connectivity index (χ4n) is 7.01. The van der Waals surface area contributed by atoms with Crippen LogP contribution in [0.1, 0.15) is 74.9 Å². The first-order valence-corrected chi connectivity index (χ1v) is 20.1. The number of hydrogen-bond donors (Lipinski definition) is 0. The minimum Gasteiger partial charge on any atom is -0.382 e. The summed E-state index contributed by atoms with van der Waals surface area (Å²) in [6.45, 7) is 19.1. The van der Waals surface area contributed by atoms with Crippen molar-refractivity contribution in [3.8, 4) is 22.5 Å². The van der Waals surface area contributed by atoms with E-state index in [4.69, 9.17) is 18.3 Å². The van der Waals surface area contributed by atoms with Crippen molar-refractivity contribution in [1.82, 2.24) is 0 Å². The van der Waals surface area contributed by atoms with Gasteiger partial charge >= 0.3 is 16.3 Å². The number of hydrogen-bond acceptors (Lipinski definition) is 6. The van der Waals surface area contributed by atoms with Crippen LogP contribution in [0.4, 0.5) is 0 Å². The van der Waals surface area contributed by atoms with Crippen LogP contribution in [0.25, 0.3) is 33.4 Å². The van der Waals surface area contributed by atoms with E-state index in [1.54, 1.807) is 0 Å². The lowest BCUT2D eigenvalue weighted by molar-refractivity contribution is -0.596. The molecule has 268 valence electrons. The summed E-state index contributed by atoms with van der Waals surface area (Å²) >= 11 is 0. The van der Waals surface area contributed by atoms with E-state index in [0.29, 0.717) is 19.8 Å². The molecule has 5 aromatic rings. The normalized spacial score (nSPS) is 13.2. The van der Waals surface area contributed by atoms with Gasteiger partial charge < -0.3 is 13.8 Å². The van der Waals surface area contributed by atoms with Crippen LogP contribution in [0, 0.1) is 13.8 Å². The average Bonchev–Trinajstić information content (AvgIpc) is 3.33. The molecule has 51 heavy (non-hydrogen) atoms. The van der Waals surface area contributed by atoms with Gasteiger partial charge in [0, 0.05) is 70.7 Å². The van der Waals surface area contributed by atoms with Gasteiger partial charge in [-0.15, -0.1) is 0 Å². The highest BCUT2D eigenvalue weighted by Crippen LogP contribution is 2.52. The van der Waals surface area contributed by atoms with Gasteiger partial charge in [0.15, 0.2) is 18.6 Å². The topological polar surface area (TPSA) is 78.8 Å². The third kappa shape index (κ3) is 8.23. The predicted octanol–water partition coefficient (Wildman–Crippen LogP) is 9.85. The van der Waals surface area contributed by atoms with E-state index in [9.17, 15) is 9.13 Å². The molecular weight excluding hydrogens is 678 g/mol. The van der Waals surface area contributed by atoms with Crippen molar-refractivity contribution >= 4 is 27.2 Å². The van der Waals surface area contributed by atoms with E-state index in [1.807, 2.05) is 39.8 Å². The van der Waals surface area contributed by atoms with Crippen LogP contribution in [0.3, 0.4) is 0 Å². The van der Waals surface area contributed by atoms with Crippen LogP contribution in [-0.2, 0) is 45.6 Å². The molecule has 0 atom stereocenters. The Bertz CT molecular complexity index is 2070. The van der Waals surface area contributed by atoms with E-state index in [0.717, 1.165) is 52.4 Å². The fourth-order valence-corrected chi connectivity index (χ4v) is 8.90. The number of ether oxygens (including phenoxy) is 1. The highest BCUT2D eigenvalue weighted by Gasteiger charge is 2.42. The van der Waals surface area contributed by atoms with E-state index < -0.39 is 7.60 Å². The van der Waals surface area contributed by atoms with Crippen molar-refractivity contribution < 1.29 is 36.6 Å². The Balaban J connectivity index is 0.000000943. The Labute approximate surface area is 304 Å². The molecule has 0 radical (unpaired) electrons. The molecule has 2 aromatic heterocycles. The minimum atomic E-state index is -3.21. The van der Waals surface area contributed by atoms with Gasteiger partial charge in [0.1, 0.15) is 0 Å². The number of benzene rings is 3. The maximum atomic E-state index is 13.2. The van der Waals surface area contributed by atoms with Crippen LogP contribution in [0.15, 0.2) is 85.3 Å². The number of nitrogens with zero attached hydrogens (tertiary/aromatic N) is 2. The Morgan fingerprint density at radius 1 is 0.765 bits per heavy atom. The van der Waals surface area contributed by atoms with Crippen molar-refractivity contribution in [1.29, 1.82) is 0 Å². The Kier molecular flexibility index (Phi) is 12.7. The summed E-state index contributed by atoms with van der Waals surface area (Å²) in [7, 11) is -3.53. The summed E-state index contributed by atoms with van der Waals surface area (Å²) in [4.78, 5) is 0. The molecule has 0 fully saturated rings. The second-order valence-electron chi connectivity index (χ2n) is 13.1. The van der Waals surface area contributed by atoms with Crippen molar-refractivity contribution in [2.75, 3.05) is 26.4 Å². The Morgan fingerprint density at radius 3 is 2.04 bits per heavy atom. The summed E-state index contributed by atoms with van der Waals surface area (Å²) in [5, 5.41) is 1.20. The highest BCUT2D eigenvalue weighted by molar-refractivity contribution is 7.53. The van der Waals surface area contributed by atoms with Gasteiger partial charge in [-0.05, 0) is 76.4 Å². The molecule has 8 nitrogen and oxygen atoms in total. The van der Waals surface area contributed by atoms with Crippen molar-refractivity contribution in [2.45, 2.75) is 73.6 Å². The molecule has 0 saturated heterocycles. The van der Waals surface area contributed by atoms with Gasteiger partial charge in [0.25, 0.3) is 0 Å². The highest BCUT2D eigenvalue weighted by atomic mass is 31.2. The monoisotopic (exact) mass is 728 g/mol. The van der Waals surface area contributed by atoms with Crippen molar-refractivity contribution in [2.24, 2.45) is 0 Å². The summed E-state index contributed by atoms with van der Waals surface area (Å²) in [5.74, 6) is 0. The summed E-state index contributed by atoms with van der Waals surface area (Å²) in [6, 6.07) is 23.3. The molecule has 0 amide bonds. The molecule has 0 N–H and O–H groups in total. The summed E-state index contributed by atoms with van der Waals surface area (Å²) < 4.78 is 49.5. The molecule has 1 aliphatic carbocycles. The second-order valence-corrected chi connectivity index (χ2v) is 15.5. The molecule has 2 heterocycles. The molecular formula is C41H50N2O6P2+2. The minimum absolute atomic E-state index is 0.240. The largest absolute Gasteiger partial charge is 0.382 e. The molecule has 0 saturated carbocycles. The van der Waals surface area contributed by atoms with Crippen LogP contribution < -0.4 is 9.13 Å². The zero-order valence-electron chi connectivity index (χ0n) is 31.1. The molecule has 10 heteroatoms.